The summed E-state index contributed by atoms with van der Waals surface area (Å²) < 4.78 is 8.28. The molecule has 0 radical (unpaired) electrons. The first-order chi connectivity index (χ1) is 14.6. The van der Waals surface area contributed by atoms with Crippen LogP contribution in [0.4, 0.5) is 5.69 Å². The van der Waals surface area contributed by atoms with Crippen LogP contribution in [-0.4, -0.2) is 31.1 Å². The van der Waals surface area contributed by atoms with E-state index in [1.165, 1.54) is 23.3 Å². The summed E-state index contributed by atoms with van der Waals surface area (Å²) in [6.07, 6.45) is 0. The lowest BCUT2D eigenvalue weighted by atomic mass is 10.1. The number of thiophene rings is 1. The van der Waals surface area contributed by atoms with Crippen LogP contribution < -0.4 is 9.62 Å². The molecule has 1 aromatic heterocycles. The molecule has 0 saturated carbocycles. The molecule has 0 unspecified atom stereocenters. The molecule has 5 nitrogen and oxygen atoms in total. The molecule has 0 spiro atoms. The van der Waals surface area contributed by atoms with E-state index in [1.807, 2.05) is 48.7 Å². The second-order valence-electron chi connectivity index (χ2n) is 7.73. The summed E-state index contributed by atoms with van der Waals surface area (Å²) in [6, 6.07) is 10.9. The van der Waals surface area contributed by atoms with E-state index >= 15 is 0 Å². The summed E-state index contributed by atoms with van der Waals surface area (Å²) in [5.41, 5.74) is 0.833. The third kappa shape index (κ3) is 6.29. The van der Waals surface area contributed by atoms with Gasteiger partial charge in [0, 0.05) is 43.1 Å². The average molecular weight is 497 g/mol. The van der Waals surface area contributed by atoms with Crippen molar-refractivity contribution < 1.29 is 14.3 Å². The third-order valence-electron chi connectivity index (χ3n) is 4.06. The van der Waals surface area contributed by atoms with Gasteiger partial charge in [0.15, 0.2) is 0 Å². The molecule has 0 aliphatic carbocycles. The number of benzene rings is 2. The number of carbonyl (C=O) groups excluding carboxylic acids is 2. The van der Waals surface area contributed by atoms with Gasteiger partial charge in [0.25, 0.3) is 5.91 Å². The molecule has 1 amide bonds. The molecule has 0 bridgehead atoms. The number of halogens is 2. The molecule has 3 aromatic rings. The zero-order valence-electron chi connectivity index (χ0n) is 17.5. The summed E-state index contributed by atoms with van der Waals surface area (Å²) in [6.45, 7) is 5.51. The van der Waals surface area contributed by atoms with Crippen molar-refractivity contribution in [2.75, 3.05) is 17.9 Å². The molecular weight excluding hydrogens is 475 g/mol. The SMILES string of the molecule is CNC(=O)c1csc2cc(N(CC(=O)OC(C)(C)C)Sc3cc(Cl)cc(Cl)c3)ccc12. The fourth-order valence-electron chi connectivity index (χ4n) is 2.86. The molecule has 1 heterocycles. The number of amides is 1. The second kappa shape index (κ2) is 9.69. The first kappa shape index (κ1) is 23.7. The Bertz CT molecular complexity index is 1110. The smallest absolute Gasteiger partial charge is 0.327 e. The fourth-order valence-corrected chi connectivity index (χ4v) is 5.49. The zero-order valence-corrected chi connectivity index (χ0v) is 20.6. The van der Waals surface area contributed by atoms with Crippen LogP contribution in [0.3, 0.4) is 0 Å². The lowest BCUT2D eigenvalue weighted by Gasteiger charge is -2.26. The van der Waals surface area contributed by atoms with Gasteiger partial charge in [-0.25, -0.2) is 0 Å². The van der Waals surface area contributed by atoms with E-state index in [0.717, 1.165) is 20.7 Å². The Morgan fingerprint density at radius 2 is 1.81 bits per heavy atom. The third-order valence-corrected chi connectivity index (χ3v) is 6.45. The van der Waals surface area contributed by atoms with Gasteiger partial charge in [-0.1, -0.05) is 29.3 Å². The number of ether oxygens (including phenoxy) is 1. The van der Waals surface area contributed by atoms with Crippen LogP contribution in [0.25, 0.3) is 10.1 Å². The van der Waals surface area contributed by atoms with Crippen LogP contribution in [0.2, 0.25) is 10.0 Å². The highest BCUT2D eigenvalue weighted by Crippen LogP contribution is 2.36. The van der Waals surface area contributed by atoms with E-state index in [0.29, 0.717) is 15.6 Å². The number of nitrogens with zero attached hydrogens (tertiary/aromatic N) is 1. The van der Waals surface area contributed by atoms with Gasteiger partial charge in [0.2, 0.25) is 0 Å². The maximum absolute atomic E-state index is 12.6. The number of rotatable bonds is 6. The van der Waals surface area contributed by atoms with Crippen molar-refractivity contribution in [3.8, 4) is 0 Å². The van der Waals surface area contributed by atoms with Crippen molar-refractivity contribution in [3.05, 3.63) is 57.4 Å². The van der Waals surface area contributed by atoms with Gasteiger partial charge in [-0.05, 0) is 63.1 Å². The van der Waals surface area contributed by atoms with Gasteiger partial charge >= 0.3 is 5.97 Å². The summed E-state index contributed by atoms with van der Waals surface area (Å²) in [4.78, 5) is 25.5. The molecule has 1 N–H and O–H groups in total. The monoisotopic (exact) mass is 496 g/mol. The van der Waals surface area contributed by atoms with Crippen LogP contribution in [-0.2, 0) is 9.53 Å². The summed E-state index contributed by atoms with van der Waals surface area (Å²) >= 11 is 15.1. The van der Waals surface area contributed by atoms with Crippen LogP contribution in [0, 0.1) is 0 Å². The number of hydrogen-bond acceptors (Lipinski definition) is 6. The van der Waals surface area contributed by atoms with E-state index in [1.54, 1.807) is 25.2 Å². The van der Waals surface area contributed by atoms with Crippen molar-refractivity contribution in [2.45, 2.75) is 31.3 Å². The standard InChI is InChI=1S/C22H22Cl2N2O3S2/c1-22(2,3)29-20(27)11-26(31-16-8-13(23)7-14(24)9-16)15-5-6-17-18(21(28)25-4)12-30-19(17)10-15/h5-10,12H,11H2,1-4H3,(H,25,28). The molecular formula is C22H22Cl2N2O3S2. The highest BCUT2D eigenvalue weighted by atomic mass is 35.5. The highest BCUT2D eigenvalue weighted by Gasteiger charge is 2.21. The molecule has 0 aliphatic heterocycles. The van der Waals surface area contributed by atoms with Crippen LogP contribution >= 0.6 is 46.5 Å². The van der Waals surface area contributed by atoms with E-state index in [4.69, 9.17) is 27.9 Å². The van der Waals surface area contributed by atoms with E-state index in [9.17, 15) is 9.59 Å². The maximum atomic E-state index is 12.6. The van der Waals surface area contributed by atoms with E-state index in [2.05, 4.69) is 5.32 Å². The fraction of sp³-hybridized carbons (Fsp3) is 0.273. The lowest BCUT2D eigenvalue weighted by molar-refractivity contribution is -0.152. The normalized spacial score (nSPS) is 11.4. The van der Waals surface area contributed by atoms with Gasteiger partial charge in [0.05, 0.1) is 5.56 Å². The first-order valence-electron chi connectivity index (χ1n) is 9.42. The highest BCUT2D eigenvalue weighted by molar-refractivity contribution is 8.00. The number of esters is 1. The second-order valence-corrected chi connectivity index (χ2v) is 10.6. The Morgan fingerprint density at radius 1 is 1.13 bits per heavy atom. The largest absolute Gasteiger partial charge is 0.459 e. The molecule has 0 atom stereocenters. The predicted molar refractivity (Wildman–Crippen MR) is 131 cm³/mol. The molecule has 2 aromatic carbocycles. The molecule has 0 fully saturated rings. The van der Waals surface area contributed by atoms with Gasteiger partial charge < -0.3 is 14.4 Å². The first-order valence-corrected chi connectivity index (χ1v) is 11.8. The maximum Gasteiger partial charge on any atom is 0.327 e. The van der Waals surface area contributed by atoms with Crippen LogP contribution in [0.1, 0.15) is 31.1 Å². The molecule has 0 aliphatic rings. The topological polar surface area (TPSA) is 58.6 Å². The number of anilines is 1. The number of fused-ring (bicyclic) bond motifs is 1. The van der Waals surface area contributed by atoms with Crippen LogP contribution in [0.15, 0.2) is 46.7 Å². The number of nitrogens with one attached hydrogen (secondary N) is 1. The quantitative estimate of drug-likeness (QED) is 0.315. The summed E-state index contributed by atoms with van der Waals surface area (Å²) in [5, 5.41) is 6.37. The Kier molecular flexibility index (Phi) is 7.42. The van der Waals surface area contributed by atoms with Gasteiger partial charge in [0.1, 0.15) is 12.1 Å². The van der Waals surface area contributed by atoms with Gasteiger partial charge in [-0.3, -0.25) is 9.59 Å². The summed E-state index contributed by atoms with van der Waals surface area (Å²) in [7, 11) is 1.61. The average Bonchev–Trinajstić information content (AvgIpc) is 3.07. The Hall–Kier alpha value is -1.93. The number of carbonyl (C=O) groups is 2. The van der Waals surface area contributed by atoms with Crippen molar-refractivity contribution in [2.24, 2.45) is 0 Å². The zero-order chi connectivity index (χ0) is 22.8. The Morgan fingerprint density at radius 3 is 2.42 bits per heavy atom. The Balaban J connectivity index is 1.96. The molecule has 31 heavy (non-hydrogen) atoms. The molecule has 164 valence electrons. The van der Waals surface area contributed by atoms with Crippen molar-refractivity contribution in [1.29, 1.82) is 0 Å². The number of hydrogen-bond donors (Lipinski definition) is 1. The van der Waals surface area contributed by atoms with Gasteiger partial charge in [-0.2, -0.15) is 0 Å². The van der Waals surface area contributed by atoms with Crippen LogP contribution in [0.5, 0.6) is 0 Å². The minimum atomic E-state index is -0.590. The van der Waals surface area contributed by atoms with E-state index < -0.39 is 5.60 Å². The van der Waals surface area contributed by atoms with Gasteiger partial charge in [-0.15, -0.1) is 11.3 Å². The van der Waals surface area contributed by atoms with E-state index in [-0.39, 0.29) is 18.4 Å². The van der Waals surface area contributed by atoms with Crippen molar-refractivity contribution >= 4 is 74.1 Å². The minimum absolute atomic E-state index is 0.0191. The molecule has 0 saturated heterocycles. The predicted octanol–water partition coefficient (Wildman–Crippen LogP) is 6.42. The lowest BCUT2D eigenvalue weighted by Crippen LogP contribution is -2.31. The summed E-state index contributed by atoms with van der Waals surface area (Å²) in [5.74, 6) is -0.488. The van der Waals surface area contributed by atoms with Crippen molar-refractivity contribution in [1.82, 2.24) is 5.32 Å². The minimum Gasteiger partial charge on any atom is -0.459 e. The molecule has 9 heteroatoms. The Labute approximate surface area is 199 Å². The molecule has 3 rings (SSSR count). The van der Waals surface area contributed by atoms with Crippen molar-refractivity contribution in [3.63, 3.8) is 0 Å².